The van der Waals surface area contributed by atoms with Crippen molar-refractivity contribution >= 4 is 183 Å². The van der Waals surface area contributed by atoms with E-state index in [0.717, 1.165) is 160 Å². The van der Waals surface area contributed by atoms with Gasteiger partial charge in [0.15, 0.2) is 51.0 Å². The predicted molar refractivity (Wildman–Crippen MR) is 466 cm³/mol. The Morgan fingerprint density at radius 3 is 1.13 bits per heavy atom. The van der Waals surface area contributed by atoms with E-state index < -0.39 is 0 Å². The first kappa shape index (κ1) is 63.4. The molecule has 8 aromatic heterocycles. The number of furan rings is 4. The highest BCUT2D eigenvalue weighted by atomic mass is 16.5. The Morgan fingerprint density at radius 1 is 0.235 bits per heavy atom. The van der Waals surface area contributed by atoms with E-state index in [4.69, 9.17) is 36.3 Å². The van der Waals surface area contributed by atoms with E-state index in [1.807, 2.05) is 42.5 Å². The topological polar surface area (TPSA) is 118 Å². The van der Waals surface area contributed by atoms with Crippen LogP contribution < -0.4 is 78.0 Å². The lowest BCUT2D eigenvalue weighted by Gasteiger charge is -2.28. The summed E-state index contributed by atoms with van der Waals surface area (Å²) in [4.78, 5) is 9.38. The average Bonchev–Trinajstić information content (AvgIpc) is 1.56. The molecule has 32 rings (SSSR count). The molecule has 0 atom stereocenters. The molecule has 0 spiro atoms. The van der Waals surface area contributed by atoms with Crippen molar-refractivity contribution in [2.24, 2.45) is 0 Å². The maximum atomic E-state index is 6.61. The van der Waals surface area contributed by atoms with E-state index in [-0.39, 0.29) is 28.2 Å². The molecular formula is C99H62B4N8O8+4. The number of nitrogens with zero attached hydrogens (tertiary/aromatic N) is 8. The van der Waals surface area contributed by atoms with Crippen LogP contribution in [0.1, 0.15) is 38.9 Å². The first-order chi connectivity index (χ1) is 58.6. The molecule has 0 aliphatic carbocycles. The van der Waals surface area contributed by atoms with Gasteiger partial charge in [-0.25, -0.2) is 0 Å². The van der Waals surface area contributed by atoms with Crippen molar-refractivity contribution in [2.75, 3.05) is 19.2 Å². The van der Waals surface area contributed by atoms with Crippen molar-refractivity contribution in [3.05, 3.63) is 312 Å². The Balaban J connectivity index is 0.0000000807. The monoisotopic (exact) mass is 1530 g/mol. The quantitative estimate of drug-likeness (QED) is 0.106. The van der Waals surface area contributed by atoms with Gasteiger partial charge in [0.05, 0.1) is 61.4 Å². The van der Waals surface area contributed by atoms with E-state index in [0.29, 0.717) is 0 Å². The van der Waals surface area contributed by atoms with Gasteiger partial charge in [0.25, 0.3) is 0 Å². The summed E-state index contributed by atoms with van der Waals surface area (Å²) in [6.07, 6.45) is 8.69. The van der Waals surface area contributed by atoms with Crippen molar-refractivity contribution in [3.8, 4) is 68.0 Å². The smallest absolute Gasteiger partial charge is 0.531 e. The van der Waals surface area contributed by atoms with Crippen LogP contribution in [0.3, 0.4) is 0 Å². The lowest BCUT2D eigenvalue weighted by atomic mass is 9.65. The Bertz CT molecular complexity index is 8190. The van der Waals surface area contributed by atoms with Crippen molar-refractivity contribution in [3.63, 3.8) is 0 Å². The van der Waals surface area contributed by atoms with E-state index in [1.54, 1.807) is 0 Å². The molecule has 20 heteroatoms. The van der Waals surface area contributed by atoms with Gasteiger partial charge < -0.3 is 55.5 Å². The van der Waals surface area contributed by atoms with Crippen molar-refractivity contribution in [1.82, 2.24) is 0 Å². The molecule has 0 saturated heterocycles. The van der Waals surface area contributed by atoms with Gasteiger partial charge in [-0.3, -0.25) is 0 Å². The summed E-state index contributed by atoms with van der Waals surface area (Å²) in [5.41, 5.74) is 41.2. The van der Waals surface area contributed by atoms with Gasteiger partial charge in [-0.1, -0.05) is 102 Å². The maximum absolute atomic E-state index is 6.61. The number of fused-ring (bicyclic) bond motifs is 32. The minimum Gasteiger partial charge on any atom is -0.536 e. The lowest BCUT2D eigenvalue weighted by molar-refractivity contribution is -0.671. The second-order valence-corrected chi connectivity index (χ2v) is 33.5. The molecule has 0 amide bonds. The van der Waals surface area contributed by atoms with Crippen LogP contribution in [0.25, 0.3) is 133 Å². The number of pyridine rings is 4. The number of rotatable bonds is 0. The Labute approximate surface area is 680 Å². The van der Waals surface area contributed by atoms with Crippen molar-refractivity contribution < 1.29 is 54.6 Å². The fraction of sp³-hybridized carbons (Fsp3) is 0.0707. The summed E-state index contributed by atoms with van der Waals surface area (Å²) in [6, 6.07) is 87.8. The van der Waals surface area contributed by atoms with Crippen LogP contribution in [0.5, 0.6) is 23.0 Å². The Hall–Kier alpha value is -14.9. The minimum absolute atomic E-state index is 0.145. The minimum atomic E-state index is -0.152. The number of aryl methyl sites for hydroxylation is 3. The number of benzene rings is 12. The zero-order valence-corrected chi connectivity index (χ0v) is 64.5. The van der Waals surface area contributed by atoms with E-state index in [1.165, 1.54) is 129 Å². The molecule has 12 aromatic carbocycles. The molecule has 12 aliphatic heterocycles. The summed E-state index contributed by atoms with van der Waals surface area (Å²) < 4.78 is 60.4. The second kappa shape index (κ2) is 22.4. The third-order valence-electron chi connectivity index (χ3n) is 26.8. The summed E-state index contributed by atoms with van der Waals surface area (Å²) in [7, 11) is -0.595. The molecule has 20 heterocycles. The highest BCUT2D eigenvalue weighted by Gasteiger charge is 2.56. The highest BCUT2D eigenvalue weighted by Crippen LogP contribution is 2.57. The first-order valence-electron chi connectivity index (χ1n) is 40.9. The molecule has 0 N–H and O–H groups in total. The third-order valence-corrected chi connectivity index (χ3v) is 26.8. The van der Waals surface area contributed by atoms with Gasteiger partial charge in [-0.15, -0.1) is 0 Å². The third kappa shape index (κ3) is 8.36. The van der Waals surface area contributed by atoms with Gasteiger partial charge in [0.1, 0.15) is 73.3 Å². The summed E-state index contributed by atoms with van der Waals surface area (Å²) in [5, 5.41) is 8.97. The molecule has 554 valence electrons. The molecule has 16 nitrogen and oxygen atoms in total. The lowest BCUT2D eigenvalue weighted by Crippen LogP contribution is -2.53. The summed E-state index contributed by atoms with van der Waals surface area (Å²) in [5.74, 6) is 3.62. The average molecular weight is 1530 g/mol. The molecule has 12 aliphatic rings. The van der Waals surface area contributed by atoms with E-state index >= 15 is 0 Å². The Kier molecular flexibility index (Phi) is 11.9. The van der Waals surface area contributed by atoms with Crippen molar-refractivity contribution in [1.29, 1.82) is 0 Å². The van der Waals surface area contributed by atoms with Crippen LogP contribution in [0.4, 0.5) is 45.5 Å². The van der Waals surface area contributed by atoms with Gasteiger partial charge in [0.2, 0.25) is 22.8 Å². The van der Waals surface area contributed by atoms with E-state index in [9.17, 15) is 0 Å². The molecule has 119 heavy (non-hydrogen) atoms. The fourth-order valence-electron chi connectivity index (χ4n) is 22.0. The van der Waals surface area contributed by atoms with Gasteiger partial charge in [-0.2, -0.15) is 18.3 Å². The van der Waals surface area contributed by atoms with Gasteiger partial charge in [-0.05, 0) is 136 Å². The van der Waals surface area contributed by atoms with Gasteiger partial charge >= 0.3 is 28.2 Å². The zero-order chi connectivity index (χ0) is 77.4. The summed E-state index contributed by atoms with van der Waals surface area (Å²) in [6.45, 7) is 10.1. The molecule has 0 radical (unpaired) electrons. The van der Waals surface area contributed by atoms with Gasteiger partial charge in [0, 0.05) is 136 Å². The number of hydrogen-bond acceptors (Lipinski definition) is 12. The second-order valence-electron chi connectivity index (χ2n) is 33.5. The SMILES string of the molecule is Cc1cc2c3c(c1)B1Oc4cc5oc6ccccc6c5cc4N1c1ccc[n+](c1-3)C2.Cc1cc2c3c(c1)N1B(Oc4cc5c(cc41)oc1ccccc15)c1ccc[n+](c1-3)C2.Cc1ccc2oc3cc4c(cc3c2c1)OB1c2ccc[n+]3c2-c2c(cccc2N14)C3.c1cc2c3c(c1)N1B(Oc4cc5c(cc41)oc1ccccc15)c1ccc[n+](c1-3)C2. The summed E-state index contributed by atoms with van der Waals surface area (Å²) >= 11 is 0. The number of anilines is 8. The maximum Gasteiger partial charge on any atom is 0.531 e. The molecular weight excluding hydrogens is 1470 g/mol. The van der Waals surface area contributed by atoms with Crippen molar-refractivity contribution in [2.45, 2.75) is 47.0 Å². The first-order valence-corrected chi connectivity index (χ1v) is 40.9. The molecule has 0 bridgehead atoms. The van der Waals surface area contributed by atoms with E-state index in [2.05, 4.69) is 289 Å². The van der Waals surface area contributed by atoms with Crippen LogP contribution in [0, 0.1) is 20.8 Å². The predicted octanol–water partition coefficient (Wildman–Crippen LogP) is 17.5. The number of hydrogen-bond donors (Lipinski definition) is 0. The highest BCUT2D eigenvalue weighted by molar-refractivity contribution is 6.79. The van der Waals surface area contributed by atoms with Crippen LogP contribution in [-0.2, 0) is 26.2 Å². The van der Waals surface area contributed by atoms with Crippen LogP contribution in [0.2, 0.25) is 0 Å². The van der Waals surface area contributed by atoms with Crippen LogP contribution >= 0.6 is 0 Å². The zero-order valence-electron chi connectivity index (χ0n) is 64.5. The number of para-hydroxylation sites is 3. The molecule has 0 unspecified atom stereocenters. The number of aromatic nitrogens is 4. The largest absolute Gasteiger partial charge is 0.536 e. The molecule has 20 aromatic rings. The Morgan fingerprint density at radius 2 is 0.605 bits per heavy atom. The normalized spacial score (nSPS) is 14.8. The standard InChI is InChI=1S/3C25H16BN2O2.C24H14BN2O2/c1-14-7-8-21-16(10-14)17-11-23-20(12-22(17)29-21)28-19-6-2-4-15-13-27-9-3-5-18(26(28)30-23)25(27)24(15)19;1-14-9-15-13-27-8-4-6-19-25(27)24(15)18(10-14)26-28(19)20-11-17-16-5-2-3-7-21(16)29-22(17)12-23(20)30-26;1-14-9-15-13-27-8-4-6-18-25(27)24(15)20(10-14)28-19-12-22-17(11-23(19)30-26(18)28)16-5-2-3-7-21(16)29-22;1-2-9-20-15(6-1)16-11-22-19(12-21(16)28-20)27-18-8-3-5-14-13-26-10-4-7-17(25(27)29-22)24(26)23(14)18/h3*2-12H,13H2,1H3;1-12H,13H2/q4*+1. The van der Waals surface area contributed by atoms with Crippen LogP contribution in [0.15, 0.2) is 291 Å². The molecule has 0 saturated carbocycles. The fourth-order valence-corrected chi connectivity index (χ4v) is 22.0. The molecule has 0 fully saturated rings. The van der Waals surface area contributed by atoms with Crippen LogP contribution in [-0.4, -0.2) is 28.2 Å².